The fourth-order valence-corrected chi connectivity index (χ4v) is 3.76. The van der Waals surface area contributed by atoms with Crippen LogP contribution in [0.3, 0.4) is 0 Å². The molecule has 26 heavy (non-hydrogen) atoms. The van der Waals surface area contributed by atoms with E-state index in [-0.39, 0.29) is 11.6 Å². The van der Waals surface area contributed by atoms with Crippen LogP contribution in [0.2, 0.25) is 0 Å². The predicted octanol–water partition coefficient (Wildman–Crippen LogP) is 2.98. The molecule has 0 aromatic heterocycles. The van der Waals surface area contributed by atoms with Gasteiger partial charge in [0.05, 0.1) is 10.3 Å². The van der Waals surface area contributed by atoms with Crippen LogP contribution in [0.5, 0.6) is 0 Å². The largest absolute Gasteiger partial charge is 0.368 e. The highest BCUT2D eigenvalue weighted by Gasteiger charge is 2.53. The minimum absolute atomic E-state index is 0.0634. The highest BCUT2D eigenvalue weighted by atomic mass is 16.6. The topological polar surface area (TPSA) is 66.7 Å². The van der Waals surface area contributed by atoms with Crippen LogP contribution in [0, 0.1) is 10.1 Å². The lowest BCUT2D eigenvalue weighted by molar-refractivity contribution is -0.384. The zero-order valence-corrected chi connectivity index (χ0v) is 14.5. The number of nitro benzene ring substituents is 1. The fourth-order valence-electron chi connectivity index (χ4n) is 3.76. The molecule has 2 aromatic carbocycles. The molecule has 4 rings (SSSR count). The number of rotatable bonds is 4. The first-order valence-corrected chi connectivity index (χ1v) is 8.94. The first-order chi connectivity index (χ1) is 12.6. The van der Waals surface area contributed by atoms with Crippen LogP contribution in [0.1, 0.15) is 18.4 Å². The second-order valence-electron chi connectivity index (χ2n) is 7.00. The van der Waals surface area contributed by atoms with Gasteiger partial charge in [-0.1, -0.05) is 30.3 Å². The first-order valence-electron chi connectivity index (χ1n) is 8.94. The number of carbonyl (C=O) groups is 1. The highest BCUT2D eigenvalue weighted by molar-refractivity contribution is 5.91. The van der Waals surface area contributed by atoms with Crippen molar-refractivity contribution >= 4 is 17.3 Å². The maximum absolute atomic E-state index is 13.1. The average molecular weight is 351 g/mol. The molecule has 0 spiro atoms. The van der Waals surface area contributed by atoms with Crippen LogP contribution in [-0.2, 0) is 10.2 Å². The third-order valence-electron chi connectivity index (χ3n) is 5.48. The van der Waals surface area contributed by atoms with Crippen molar-refractivity contribution in [3.8, 4) is 0 Å². The normalized spacial score (nSPS) is 18.5. The van der Waals surface area contributed by atoms with E-state index in [0.717, 1.165) is 31.5 Å². The van der Waals surface area contributed by atoms with E-state index in [2.05, 4.69) is 17.0 Å². The number of hydrogen-bond acceptors (Lipinski definition) is 4. The fraction of sp³-hybridized carbons (Fsp3) is 0.350. The minimum Gasteiger partial charge on any atom is -0.368 e. The van der Waals surface area contributed by atoms with Gasteiger partial charge >= 0.3 is 0 Å². The molecule has 0 atom stereocenters. The van der Waals surface area contributed by atoms with Crippen molar-refractivity contribution in [3.05, 3.63) is 70.3 Å². The molecule has 1 aliphatic carbocycles. The summed E-state index contributed by atoms with van der Waals surface area (Å²) >= 11 is 0. The van der Waals surface area contributed by atoms with Gasteiger partial charge in [0.15, 0.2) is 0 Å². The van der Waals surface area contributed by atoms with E-state index >= 15 is 0 Å². The van der Waals surface area contributed by atoms with E-state index in [0.29, 0.717) is 13.1 Å². The number of para-hydroxylation sites is 1. The Bertz CT molecular complexity index is 808. The van der Waals surface area contributed by atoms with Gasteiger partial charge in [-0.05, 0) is 30.5 Å². The lowest BCUT2D eigenvalue weighted by Crippen LogP contribution is -2.51. The third kappa shape index (κ3) is 2.92. The van der Waals surface area contributed by atoms with Crippen molar-refractivity contribution in [2.45, 2.75) is 18.3 Å². The van der Waals surface area contributed by atoms with Crippen molar-refractivity contribution in [3.63, 3.8) is 0 Å². The average Bonchev–Trinajstić information content (AvgIpc) is 3.50. The predicted molar refractivity (Wildman–Crippen MR) is 99.2 cm³/mol. The SMILES string of the molecule is O=C(N1CCN(c2ccccc2)CC1)C1(c2ccc([N+](=O)[O-])cc2)CC1. The standard InChI is InChI=1S/C20H21N3O3/c24-19(20(10-11-20)16-6-8-18(9-7-16)23(25)26)22-14-12-21(13-15-22)17-4-2-1-3-5-17/h1-9H,10-15H2. The minimum atomic E-state index is -0.468. The van der Waals surface area contributed by atoms with Gasteiger partial charge < -0.3 is 9.80 Å². The zero-order valence-electron chi connectivity index (χ0n) is 14.5. The monoisotopic (exact) mass is 351 g/mol. The molecule has 0 radical (unpaired) electrons. The van der Waals surface area contributed by atoms with Crippen molar-refractivity contribution in [2.24, 2.45) is 0 Å². The number of carbonyl (C=O) groups excluding carboxylic acids is 1. The maximum atomic E-state index is 13.1. The Balaban J connectivity index is 1.44. The van der Waals surface area contributed by atoms with Gasteiger partial charge in [0, 0.05) is 44.0 Å². The molecule has 134 valence electrons. The van der Waals surface area contributed by atoms with Gasteiger partial charge in [-0.25, -0.2) is 0 Å². The maximum Gasteiger partial charge on any atom is 0.269 e. The summed E-state index contributed by atoms with van der Waals surface area (Å²) in [6.45, 7) is 3.07. The van der Waals surface area contributed by atoms with Crippen molar-refractivity contribution in [2.75, 3.05) is 31.1 Å². The number of hydrogen-bond donors (Lipinski definition) is 0. The number of nitrogens with zero attached hydrogens (tertiary/aromatic N) is 3. The Kier molecular flexibility index (Phi) is 4.11. The van der Waals surface area contributed by atoms with Crippen molar-refractivity contribution in [1.29, 1.82) is 0 Å². The molecule has 6 heteroatoms. The molecule has 0 N–H and O–H groups in total. The van der Waals surface area contributed by atoms with Crippen LogP contribution in [0.4, 0.5) is 11.4 Å². The van der Waals surface area contributed by atoms with E-state index in [1.807, 2.05) is 23.1 Å². The van der Waals surface area contributed by atoms with Crippen molar-refractivity contribution in [1.82, 2.24) is 4.90 Å². The van der Waals surface area contributed by atoms with Crippen molar-refractivity contribution < 1.29 is 9.72 Å². The molecule has 0 unspecified atom stereocenters. The molecule has 1 aliphatic heterocycles. The number of amides is 1. The van der Waals surface area contributed by atoms with Crippen LogP contribution in [0.25, 0.3) is 0 Å². The lowest BCUT2D eigenvalue weighted by atomic mass is 9.93. The summed E-state index contributed by atoms with van der Waals surface area (Å²) in [6.07, 6.45) is 1.64. The summed E-state index contributed by atoms with van der Waals surface area (Å²) in [5, 5.41) is 10.8. The van der Waals surface area contributed by atoms with Crippen LogP contribution >= 0.6 is 0 Å². The number of nitro groups is 1. The molecule has 0 bridgehead atoms. The number of benzene rings is 2. The summed E-state index contributed by atoms with van der Waals surface area (Å²) in [5.74, 6) is 0.166. The Morgan fingerprint density at radius 2 is 1.54 bits per heavy atom. The molecule has 1 saturated carbocycles. The molecule has 6 nitrogen and oxygen atoms in total. The Hall–Kier alpha value is -2.89. The highest BCUT2D eigenvalue weighted by Crippen LogP contribution is 2.50. The number of piperazine rings is 1. The molecule has 1 amide bonds. The van der Waals surface area contributed by atoms with Crippen LogP contribution < -0.4 is 4.90 Å². The summed E-state index contributed by atoms with van der Waals surface area (Å²) in [7, 11) is 0. The van der Waals surface area contributed by atoms with Gasteiger partial charge in [0.1, 0.15) is 0 Å². The Morgan fingerprint density at radius 1 is 0.923 bits per heavy atom. The quantitative estimate of drug-likeness (QED) is 0.627. The molecule has 2 aliphatic rings. The van der Waals surface area contributed by atoms with E-state index in [1.165, 1.54) is 17.8 Å². The third-order valence-corrected chi connectivity index (χ3v) is 5.48. The van der Waals surface area contributed by atoms with Gasteiger partial charge in [-0.15, -0.1) is 0 Å². The van der Waals surface area contributed by atoms with Gasteiger partial charge in [0.25, 0.3) is 5.69 Å². The molecular formula is C20H21N3O3. The molecule has 1 heterocycles. The Labute approximate surface area is 152 Å². The lowest BCUT2D eigenvalue weighted by Gasteiger charge is -2.37. The second-order valence-corrected chi connectivity index (χ2v) is 7.00. The van der Waals surface area contributed by atoms with E-state index in [1.54, 1.807) is 12.1 Å². The van der Waals surface area contributed by atoms with E-state index in [4.69, 9.17) is 0 Å². The van der Waals surface area contributed by atoms with E-state index in [9.17, 15) is 14.9 Å². The van der Waals surface area contributed by atoms with E-state index < -0.39 is 10.3 Å². The van der Waals surface area contributed by atoms with Crippen LogP contribution in [0.15, 0.2) is 54.6 Å². The van der Waals surface area contributed by atoms with Gasteiger partial charge in [-0.3, -0.25) is 14.9 Å². The van der Waals surface area contributed by atoms with Crippen LogP contribution in [-0.4, -0.2) is 41.9 Å². The second kappa shape index (κ2) is 6.44. The number of anilines is 1. The molecule has 2 fully saturated rings. The molecular weight excluding hydrogens is 330 g/mol. The van der Waals surface area contributed by atoms with Gasteiger partial charge in [0.2, 0.25) is 5.91 Å². The summed E-state index contributed by atoms with van der Waals surface area (Å²) in [4.78, 5) is 27.8. The molecule has 1 saturated heterocycles. The Morgan fingerprint density at radius 3 is 2.08 bits per heavy atom. The summed E-state index contributed by atoms with van der Waals surface area (Å²) < 4.78 is 0. The van der Waals surface area contributed by atoms with Gasteiger partial charge in [-0.2, -0.15) is 0 Å². The first kappa shape index (κ1) is 16.6. The zero-order chi connectivity index (χ0) is 18.1. The number of non-ortho nitro benzene ring substituents is 1. The summed E-state index contributed by atoms with van der Waals surface area (Å²) in [5.41, 5.74) is 1.69. The summed E-state index contributed by atoms with van der Waals surface area (Å²) in [6, 6.07) is 16.7. The molecule has 2 aromatic rings. The smallest absolute Gasteiger partial charge is 0.269 e.